The predicted octanol–water partition coefficient (Wildman–Crippen LogP) is 5.07. The van der Waals surface area contributed by atoms with Crippen molar-refractivity contribution >= 4 is 11.9 Å². The van der Waals surface area contributed by atoms with E-state index in [4.69, 9.17) is 9.84 Å². The maximum Gasteiger partial charge on any atom is 0.335 e. The molecule has 3 rings (SSSR count). The second-order valence-corrected chi connectivity index (χ2v) is 7.34. The summed E-state index contributed by atoms with van der Waals surface area (Å²) in [5.41, 5.74) is 4.44. The summed E-state index contributed by atoms with van der Waals surface area (Å²) in [6.07, 6.45) is 0. The van der Waals surface area contributed by atoms with Crippen LogP contribution in [0.2, 0.25) is 0 Å². The van der Waals surface area contributed by atoms with Crippen LogP contribution in [0.3, 0.4) is 0 Å². The van der Waals surface area contributed by atoms with Crippen LogP contribution in [-0.2, 0) is 6.61 Å². The molecule has 0 saturated carbocycles. The predicted molar refractivity (Wildman–Crippen MR) is 116 cm³/mol. The number of aromatic carboxylic acids is 1. The highest BCUT2D eigenvalue weighted by Crippen LogP contribution is 2.21. The number of para-hydroxylation sites is 1. The van der Waals surface area contributed by atoms with E-state index < -0.39 is 5.97 Å². The Morgan fingerprint density at radius 1 is 1.00 bits per heavy atom. The number of aryl methyl sites for hydroxylation is 2. The fraction of sp³-hybridized carbons (Fsp3) is 0.200. The van der Waals surface area contributed by atoms with Crippen LogP contribution in [0.25, 0.3) is 0 Å². The van der Waals surface area contributed by atoms with Crippen molar-refractivity contribution in [3.63, 3.8) is 0 Å². The molecule has 0 bridgehead atoms. The summed E-state index contributed by atoms with van der Waals surface area (Å²) in [4.78, 5) is 24.0. The molecule has 2 N–H and O–H groups in total. The molecule has 1 unspecified atom stereocenters. The third-order valence-electron chi connectivity index (χ3n) is 4.99. The first-order valence-corrected chi connectivity index (χ1v) is 9.77. The molecule has 3 aromatic rings. The van der Waals surface area contributed by atoms with Crippen molar-refractivity contribution in [2.75, 3.05) is 0 Å². The topological polar surface area (TPSA) is 75.6 Å². The summed E-state index contributed by atoms with van der Waals surface area (Å²) in [5.74, 6) is -0.385. The summed E-state index contributed by atoms with van der Waals surface area (Å²) in [7, 11) is 0. The molecule has 0 spiro atoms. The number of carboxylic acids is 1. The molecule has 0 aliphatic rings. The number of amides is 1. The van der Waals surface area contributed by atoms with Crippen LogP contribution < -0.4 is 10.1 Å². The monoisotopic (exact) mass is 403 g/mol. The summed E-state index contributed by atoms with van der Waals surface area (Å²) < 4.78 is 5.94. The zero-order valence-electron chi connectivity index (χ0n) is 17.3. The van der Waals surface area contributed by atoms with Crippen molar-refractivity contribution in [2.45, 2.75) is 33.4 Å². The molecule has 154 valence electrons. The van der Waals surface area contributed by atoms with Crippen molar-refractivity contribution in [3.8, 4) is 5.75 Å². The highest BCUT2D eigenvalue weighted by molar-refractivity contribution is 5.96. The van der Waals surface area contributed by atoms with Gasteiger partial charge < -0.3 is 15.2 Å². The molecular formula is C25H25NO4. The number of hydrogen-bond donors (Lipinski definition) is 2. The Morgan fingerprint density at radius 2 is 1.70 bits per heavy atom. The molecule has 0 radical (unpaired) electrons. The number of carbonyl (C=O) groups is 2. The van der Waals surface area contributed by atoms with Crippen LogP contribution in [0.5, 0.6) is 5.75 Å². The Kier molecular flexibility index (Phi) is 6.52. The third kappa shape index (κ3) is 5.06. The molecule has 0 heterocycles. The van der Waals surface area contributed by atoms with Crippen LogP contribution in [-0.4, -0.2) is 17.0 Å². The number of benzene rings is 3. The first-order chi connectivity index (χ1) is 14.3. The minimum absolute atomic E-state index is 0.197. The van der Waals surface area contributed by atoms with Crippen molar-refractivity contribution in [2.24, 2.45) is 0 Å². The van der Waals surface area contributed by atoms with Gasteiger partial charge in [-0.1, -0.05) is 48.0 Å². The first-order valence-electron chi connectivity index (χ1n) is 9.77. The molecule has 5 nitrogen and oxygen atoms in total. The standard InChI is InChI=1S/C25H25NO4/c1-16-8-9-21(15-30-23-7-5-4-6-17(23)2)22(14-16)24(27)26-18(3)19-10-12-20(13-11-19)25(28)29/h4-14,18H,15H2,1-3H3,(H,26,27)(H,28,29). The number of carbonyl (C=O) groups excluding carboxylic acids is 1. The van der Waals surface area contributed by atoms with Crippen molar-refractivity contribution in [1.29, 1.82) is 0 Å². The van der Waals surface area contributed by atoms with E-state index in [1.165, 1.54) is 12.1 Å². The van der Waals surface area contributed by atoms with Gasteiger partial charge in [0.25, 0.3) is 5.91 Å². The molecular weight excluding hydrogens is 378 g/mol. The van der Waals surface area contributed by atoms with Gasteiger partial charge in [-0.3, -0.25) is 4.79 Å². The van der Waals surface area contributed by atoms with Gasteiger partial charge in [-0.2, -0.15) is 0 Å². The molecule has 30 heavy (non-hydrogen) atoms. The lowest BCUT2D eigenvalue weighted by Crippen LogP contribution is -2.28. The van der Waals surface area contributed by atoms with Gasteiger partial charge in [0.15, 0.2) is 0 Å². The Balaban J connectivity index is 1.75. The molecule has 3 aromatic carbocycles. The average molecular weight is 403 g/mol. The van der Waals surface area contributed by atoms with Crippen molar-refractivity contribution in [1.82, 2.24) is 5.32 Å². The summed E-state index contributed by atoms with van der Waals surface area (Å²) in [5, 5.41) is 12.0. The van der Waals surface area contributed by atoms with Crippen LogP contribution >= 0.6 is 0 Å². The number of nitrogens with one attached hydrogen (secondary N) is 1. The van der Waals surface area contributed by atoms with E-state index in [9.17, 15) is 9.59 Å². The van der Waals surface area contributed by atoms with Crippen molar-refractivity contribution < 1.29 is 19.4 Å². The number of ether oxygens (including phenoxy) is 1. The Morgan fingerprint density at radius 3 is 2.37 bits per heavy atom. The smallest absolute Gasteiger partial charge is 0.335 e. The van der Waals surface area contributed by atoms with Gasteiger partial charge >= 0.3 is 5.97 Å². The second kappa shape index (κ2) is 9.27. The molecule has 5 heteroatoms. The summed E-state index contributed by atoms with van der Waals surface area (Å²) >= 11 is 0. The minimum Gasteiger partial charge on any atom is -0.489 e. The Bertz CT molecular complexity index is 1060. The quantitative estimate of drug-likeness (QED) is 0.577. The van der Waals surface area contributed by atoms with Gasteiger partial charge in [0, 0.05) is 11.1 Å². The van der Waals surface area contributed by atoms with Gasteiger partial charge in [-0.15, -0.1) is 0 Å². The van der Waals surface area contributed by atoms with Crippen LogP contribution in [0, 0.1) is 13.8 Å². The van der Waals surface area contributed by atoms with Crippen molar-refractivity contribution in [3.05, 3.63) is 100 Å². The lowest BCUT2D eigenvalue weighted by Gasteiger charge is -2.17. The molecule has 1 amide bonds. The summed E-state index contributed by atoms with van der Waals surface area (Å²) in [6, 6.07) is 19.7. The van der Waals surface area contributed by atoms with Gasteiger partial charge in [-0.05, 0) is 56.2 Å². The number of hydrogen-bond acceptors (Lipinski definition) is 3. The van der Waals surface area contributed by atoms with Crippen LogP contribution in [0.15, 0.2) is 66.7 Å². The Labute approximate surface area is 176 Å². The fourth-order valence-corrected chi connectivity index (χ4v) is 3.17. The highest BCUT2D eigenvalue weighted by Gasteiger charge is 2.16. The molecule has 0 saturated heterocycles. The van der Waals surface area contributed by atoms with E-state index in [1.54, 1.807) is 12.1 Å². The zero-order chi connectivity index (χ0) is 21.7. The molecule has 1 atom stereocenters. The first kappa shape index (κ1) is 21.1. The molecule has 0 aromatic heterocycles. The van der Waals surface area contributed by atoms with E-state index in [2.05, 4.69) is 5.32 Å². The van der Waals surface area contributed by atoms with E-state index in [1.807, 2.05) is 63.2 Å². The van der Waals surface area contributed by atoms with Gasteiger partial charge in [0.1, 0.15) is 12.4 Å². The van der Waals surface area contributed by atoms with Crippen LogP contribution in [0.1, 0.15) is 55.9 Å². The van der Waals surface area contributed by atoms with E-state index in [0.717, 1.165) is 28.0 Å². The lowest BCUT2D eigenvalue weighted by molar-refractivity contribution is 0.0696. The van der Waals surface area contributed by atoms with E-state index in [0.29, 0.717) is 5.56 Å². The maximum atomic E-state index is 13.0. The SMILES string of the molecule is Cc1ccc(COc2ccccc2C)c(C(=O)NC(C)c2ccc(C(=O)O)cc2)c1. The largest absolute Gasteiger partial charge is 0.489 e. The van der Waals surface area contributed by atoms with Gasteiger partial charge in [0.05, 0.1) is 11.6 Å². The summed E-state index contributed by atoms with van der Waals surface area (Å²) in [6.45, 7) is 6.08. The third-order valence-corrected chi connectivity index (χ3v) is 4.99. The van der Waals surface area contributed by atoms with Gasteiger partial charge in [-0.25, -0.2) is 4.79 Å². The lowest BCUT2D eigenvalue weighted by atomic mass is 10.0. The minimum atomic E-state index is -0.976. The maximum absolute atomic E-state index is 13.0. The highest BCUT2D eigenvalue weighted by atomic mass is 16.5. The molecule has 0 aliphatic heterocycles. The number of carboxylic acid groups (broad SMARTS) is 1. The van der Waals surface area contributed by atoms with E-state index >= 15 is 0 Å². The molecule has 0 fully saturated rings. The zero-order valence-corrected chi connectivity index (χ0v) is 17.3. The Hall–Kier alpha value is -3.60. The molecule has 0 aliphatic carbocycles. The fourth-order valence-electron chi connectivity index (χ4n) is 3.17. The van der Waals surface area contributed by atoms with Gasteiger partial charge in [0.2, 0.25) is 0 Å². The average Bonchev–Trinajstić information content (AvgIpc) is 2.73. The number of rotatable bonds is 7. The second-order valence-electron chi connectivity index (χ2n) is 7.34. The normalized spacial score (nSPS) is 11.6. The van der Waals surface area contributed by atoms with E-state index in [-0.39, 0.29) is 24.1 Å². The van der Waals surface area contributed by atoms with Crippen LogP contribution in [0.4, 0.5) is 0 Å².